The average Bonchev–Trinajstić information content (AvgIpc) is 2.87. The number of imide groups is 1. The number of hydrogen-bond acceptors (Lipinski definition) is 3. The van der Waals surface area contributed by atoms with Crippen molar-refractivity contribution in [3.8, 4) is 0 Å². The summed E-state index contributed by atoms with van der Waals surface area (Å²) in [6.45, 7) is 1.56. The Morgan fingerprint density at radius 1 is 1.18 bits per heavy atom. The van der Waals surface area contributed by atoms with Crippen LogP contribution in [0.15, 0.2) is 53.0 Å². The number of nitrogens with one attached hydrogen (secondary N) is 2. The molecule has 2 aromatic carbocycles. The van der Waals surface area contributed by atoms with Crippen molar-refractivity contribution in [2.24, 2.45) is 0 Å². The van der Waals surface area contributed by atoms with Gasteiger partial charge in [-0.25, -0.2) is 9.18 Å². The van der Waals surface area contributed by atoms with E-state index >= 15 is 0 Å². The molecule has 8 heteroatoms. The van der Waals surface area contributed by atoms with Crippen molar-refractivity contribution in [3.63, 3.8) is 0 Å². The molecular weight excluding hydrogens is 429 g/mol. The lowest BCUT2D eigenvalue weighted by molar-refractivity contribution is -0.134. The van der Waals surface area contributed by atoms with Crippen LogP contribution in [0.2, 0.25) is 0 Å². The summed E-state index contributed by atoms with van der Waals surface area (Å²) in [5.74, 6) is -1.25. The highest BCUT2D eigenvalue weighted by atomic mass is 79.9. The third-order valence-electron chi connectivity index (χ3n) is 4.64. The lowest BCUT2D eigenvalue weighted by Crippen LogP contribution is -2.43. The molecule has 1 aliphatic rings. The van der Waals surface area contributed by atoms with Crippen LogP contribution in [-0.4, -0.2) is 35.8 Å². The van der Waals surface area contributed by atoms with Crippen molar-refractivity contribution < 1.29 is 18.8 Å². The predicted molar refractivity (Wildman–Crippen MR) is 105 cm³/mol. The van der Waals surface area contributed by atoms with Gasteiger partial charge in [0.05, 0.1) is 0 Å². The molecule has 2 aromatic rings. The molecule has 28 heavy (non-hydrogen) atoms. The highest BCUT2D eigenvalue weighted by molar-refractivity contribution is 9.10. The zero-order valence-corrected chi connectivity index (χ0v) is 16.8. The number of nitrogens with zero attached hydrogens (tertiary/aromatic N) is 1. The van der Waals surface area contributed by atoms with E-state index in [9.17, 15) is 18.8 Å². The first kappa shape index (κ1) is 20.0. The summed E-state index contributed by atoms with van der Waals surface area (Å²) in [4.78, 5) is 38.3. The zero-order valence-electron chi connectivity index (χ0n) is 15.2. The molecule has 4 amide bonds. The van der Waals surface area contributed by atoms with Crippen LogP contribution in [0.1, 0.15) is 18.1 Å². The highest BCUT2D eigenvalue weighted by Crippen LogP contribution is 2.33. The van der Waals surface area contributed by atoms with Gasteiger partial charge in [-0.05, 0) is 37.1 Å². The van der Waals surface area contributed by atoms with E-state index in [0.717, 1.165) is 10.5 Å². The van der Waals surface area contributed by atoms with Crippen LogP contribution in [-0.2, 0) is 21.5 Å². The van der Waals surface area contributed by atoms with E-state index in [1.165, 1.54) is 12.1 Å². The van der Waals surface area contributed by atoms with E-state index < -0.39 is 23.4 Å². The van der Waals surface area contributed by atoms with Gasteiger partial charge in [-0.1, -0.05) is 46.3 Å². The normalized spacial score (nSPS) is 18.9. The Labute approximate surface area is 170 Å². The van der Waals surface area contributed by atoms with Gasteiger partial charge in [0.2, 0.25) is 5.91 Å². The Morgan fingerprint density at radius 2 is 1.86 bits per heavy atom. The lowest BCUT2D eigenvalue weighted by Gasteiger charge is -2.23. The molecule has 1 heterocycles. The van der Waals surface area contributed by atoms with E-state index in [1.807, 2.05) is 6.07 Å². The van der Waals surface area contributed by atoms with Crippen LogP contribution in [0.3, 0.4) is 0 Å². The summed E-state index contributed by atoms with van der Waals surface area (Å²) in [5.41, 5.74) is 0.247. The van der Waals surface area contributed by atoms with Crippen molar-refractivity contribution in [2.45, 2.75) is 18.9 Å². The molecule has 6 nitrogen and oxygen atoms in total. The molecule has 0 spiro atoms. The topological polar surface area (TPSA) is 78.5 Å². The molecule has 1 aliphatic heterocycles. The van der Waals surface area contributed by atoms with Gasteiger partial charge in [0.15, 0.2) is 0 Å². The largest absolute Gasteiger partial charge is 0.354 e. The molecule has 0 bridgehead atoms. The minimum absolute atomic E-state index is 0.315. The molecule has 1 fully saturated rings. The van der Waals surface area contributed by atoms with Crippen LogP contribution >= 0.6 is 15.9 Å². The van der Waals surface area contributed by atoms with Crippen LogP contribution in [0, 0.1) is 5.82 Å². The second-order valence-electron chi connectivity index (χ2n) is 6.65. The monoisotopic (exact) mass is 447 g/mol. The minimum atomic E-state index is -1.24. The fraction of sp³-hybridized carbons (Fsp3) is 0.250. The summed E-state index contributed by atoms with van der Waals surface area (Å²) in [7, 11) is 0. The summed E-state index contributed by atoms with van der Waals surface area (Å²) in [6.07, 6.45) is 0.515. The molecule has 0 aromatic heterocycles. The van der Waals surface area contributed by atoms with Gasteiger partial charge in [-0.2, -0.15) is 0 Å². The standard InChI is InChI=1S/C20H19BrFN3O3/c1-20(15-4-2-3-5-16(15)21)18(27)25(19(28)24-20)12-17(26)23-11-10-13-6-8-14(22)9-7-13/h2-9H,10-12H2,1H3,(H,23,26)(H,24,28). The fourth-order valence-electron chi connectivity index (χ4n) is 3.09. The first-order chi connectivity index (χ1) is 13.3. The van der Waals surface area contributed by atoms with Gasteiger partial charge in [0.25, 0.3) is 5.91 Å². The van der Waals surface area contributed by atoms with Gasteiger partial charge in [-0.3, -0.25) is 14.5 Å². The maximum absolute atomic E-state index is 12.9. The van der Waals surface area contributed by atoms with Crippen LogP contribution in [0.5, 0.6) is 0 Å². The second-order valence-corrected chi connectivity index (χ2v) is 7.51. The van der Waals surface area contributed by atoms with E-state index in [1.54, 1.807) is 37.3 Å². The summed E-state index contributed by atoms with van der Waals surface area (Å²) in [6, 6.07) is 12.5. The molecule has 0 radical (unpaired) electrons. The summed E-state index contributed by atoms with van der Waals surface area (Å²) < 4.78 is 13.6. The van der Waals surface area contributed by atoms with Crippen molar-refractivity contribution in [3.05, 3.63) is 69.9 Å². The zero-order chi connectivity index (χ0) is 20.3. The van der Waals surface area contributed by atoms with E-state index in [-0.39, 0.29) is 12.4 Å². The van der Waals surface area contributed by atoms with Crippen LogP contribution < -0.4 is 10.6 Å². The lowest BCUT2D eigenvalue weighted by atomic mass is 9.92. The Bertz CT molecular complexity index is 919. The summed E-state index contributed by atoms with van der Waals surface area (Å²) >= 11 is 3.40. The maximum Gasteiger partial charge on any atom is 0.325 e. The van der Waals surface area contributed by atoms with Crippen molar-refractivity contribution in [2.75, 3.05) is 13.1 Å². The average molecular weight is 448 g/mol. The number of rotatable bonds is 6. The van der Waals surface area contributed by atoms with Gasteiger partial charge in [0, 0.05) is 16.6 Å². The predicted octanol–water partition coefficient (Wildman–Crippen LogP) is 2.71. The van der Waals surface area contributed by atoms with Gasteiger partial charge >= 0.3 is 6.03 Å². The van der Waals surface area contributed by atoms with Crippen LogP contribution in [0.4, 0.5) is 9.18 Å². The Morgan fingerprint density at radius 3 is 2.54 bits per heavy atom. The van der Waals surface area contributed by atoms with Crippen molar-refractivity contribution >= 4 is 33.8 Å². The smallest absolute Gasteiger partial charge is 0.325 e. The molecule has 0 aliphatic carbocycles. The molecule has 146 valence electrons. The number of amides is 4. The fourth-order valence-corrected chi connectivity index (χ4v) is 3.77. The van der Waals surface area contributed by atoms with E-state index in [2.05, 4.69) is 26.6 Å². The van der Waals surface area contributed by atoms with Gasteiger partial charge in [-0.15, -0.1) is 0 Å². The van der Waals surface area contributed by atoms with E-state index in [0.29, 0.717) is 23.0 Å². The van der Waals surface area contributed by atoms with E-state index in [4.69, 9.17) is 0 Å². The molecule has 3 rings (SSSR count). The highest BCUT2D eigenvalue weighted by Gasteiger charge is 2.50. The number of urea groups is 1. The SMILES string of the molecule is CC1(c2ccccc2Br)NC(=O)N(CC(=O)NCCc2ccc(F)cc2)C1=O. The number of hydrogen-bond donors (Lipinski definition) is 2. The molecular formula is C20H19BrFN3O3. The molecule has 1 unspecified atom stereocenters. The molecule has 1 atom stereocenters. The quantitative estimate of drug-likeness (QED) is 0.668. The second kappa shape index (κ2) is 8.10. The maximum atomic E-state index is 12.9. The summed E-state index contributed by atoms with van der Waals surface area (Å²) in [5, 5.41) is 5.35. The Hall–Kier alpha value is -2.74. The molecule has 0 saturated carbocycles. The first-order valence-electron chi connectivity index (χ1n) is 8.71. The Balaban J connectivity index is 1.60. The number of benzene rings is 2. The van der Waals surface area contributed by atoms with Crippen molar-refractivity contribution in [1.82, 2.24) is 15.5 Å². The number of halogens is 2. The van der Waals surface area contributed by atoms with Crippen molar-refractivity contribution in [1.29, 1.82) is 0 Å². The number of carbonyl (C=O) groups is 3. The Kier molecular flexibility index (Phi) is 5.79. The molecule has 1 saturated heterocycles. The van der Waals surface area contributed by atoms with Gasteiger partial charge in [0.1, 0.15) is 17.9 Å². The van der Waals surface area contributed by atoms with Crippen LogP contribution in [0.25, 0.3) is 0 Å². The first-order valence-corrected chi connectivity index (χ1v) is 9.51. The molecule has 2 N–H and O–H groups in total. The third-order valence-corrected chi connectivity index (χ3v) is 5.33. The van der Waals surface area contributed by atoms with Gasteiger partial charge < -0.3 is 10.6 Å². The third kappa shape index (κ3) is 4.06. The number of carbonyl (C=O) groups excluding carboxylic acids is 3. The minimum Gasteiger partial charge on any atom is -0.354 e.